The Morgan fingerprint density at radius 2 is 2.12 bits per heavy atom. The standard InChI is InChI=1S/C12H12FN3O/c1-14-12-7-15-6-10(16-12)9-5-8(13)3-4-11(9)17-2/h3-7H,1-2H3,(H,14,16). The molecule has 5 heteroatoms. The maximum Gasteiger partial charge on any atom is 0.144 e. The molecule has 1 N–H and O–H groups in total. The minimum atomic E-state index is -0.336. The Kier molecular flexibility index (Phi) is 3.18. The van der Waals surface area contributed by atoms with Crippen molar-refractivity contribution in [1.82, 2.24) is 9.97 Å². The van der Waals surface area contributed by atoms with E-state index in [4.69, 9.17) is 4.74 Å². The number of rotatable bonds is 3. The van der Waals surface area contributed by atoms with Crippen LogP contribution in [0.3, 0.4) is 0 Å². The monoisotopic (exact) mass is 233 g/mol. The number of halogens is 1. The summed E-state index contributed by atoms with van der Waals surface area (Å²) >= 11 is 0. The van der Waals surface area contributed by atoms with Crippen LogP contribution in [0.2, 0.25) is 0 Å². The van der Waals surface area contributed by atoms with Crippen molar-refractivity contribution in [3.8, 4) is 17.0 Å². The van der Waals surface area contributed by atoms with Crippen molar-refractivity contribution in [1.29, 1.82) is 0 Å². The highest BCUT2D eigenvalue weighted by Crippen LogP contribution is 2.29. The summed E-state index contributed by atoms with van der Waals surface area (Å²) in [6.45, 7) is 0. The van der Waals surface area contributed by atoms with Gasteiger partial charge in [0.15, 0.2) is 0 Å². The summed E-state index contributed by atoms with van der Waals surface area (Å²) in [6.07, 6.45) is 3.16. The van der Waals surface area contributed by atoms with Gasteiger partial charge in [-0.05, 0) is 18.2 Å². The second kappa shape index (κ2) is 4.78. The van der Waals surface area contributed by atoms with E-state index in [1.807, 2.05) is 0 Å². The van der Waals surface area contributed by atoms with Gasteiger partial charge in [-0.1, -0.05) is 0 Å². The lowest BCUT2D eigenvalue weighted by Gasteiger charge is -2.08. The zero-order valence-corrected chi connectivity index (χ0v) is 9.57. The summed E-state index contributed by atoms with van der Waals surface area (Å²) in [4.78, 5) is 8.32. The zero-order chi connectivity index (χ0) is 12.3. The highest BCUT2D eigenvalue weighted by molar-refractivity contribution is 5.67. The first-order valence-corrected chi connectivity index (χ1v) is 5.08. The maximum absolute atomic E-state index is 13.2. The molecule has 4 nitrogen and oxygen atoms in total. The van der Waals surface area contributed by atoms with Crippen molar-refractivity contribution in [3.05, 3.63) is 36.4 Å². The number of nitrogens with one attached hydrogen (secondary N) is 1. The van der Waals surface area contributed by atoms with E-state index >= 15 is 0 Å². The van der Waals surface area contributed by atoms with Gasteiger partial charge in [-0.15, -0.1) is 0 Å². The van der Waals surface area contributed by atoms with Crippen molar-refractivity contribution in [3.63, 3.8) is 0 Å². The number of anilines is 1. The van der Waals surface area contributed by atoms with Crippen LogP contribution >= 0.6 is 0 Å². The fourth-order valence-corrected chi connectivity index (χ4v) is 1.50. The normalized spacial score (nSPS) is 10.1. The Balaban J connectivity index is 2.54. The lowest BCUT2D eigenvalue weighted by Crippen LogP contribution is -1.97. The number of hydrogen-bond donors (Lipinski definition) is 1. The number of hydrogen-bond acceptors (Lipinski definition) is 4. The van der Waals surface area contributed by atoms with Gasteiger partial charge in [-0.25, -0.2) is 9.37 Å². The predicted molar refractivity (Wildman–Crippen MR) is 63.5 cm³/mol. The van der Waals surface area contributed by atoms with Gasteiger partial charge < -0.3 is 10.1 Å². The van der Waals surface area contributed by atoms with E-state index in [1.54, 1.807) is 25.5 Å². The molecule has 0 atom stereocenters. The first-order chi connectivity index (χ1) is 8.24. The third kappa shape index (κ3) is 2.33. The van der Waals surface area contributed by atoms with Crippen LogP contribution in [0.5, 0.6) is 5.75 Å². The van der Waals surface area contributed by atoms with E-state index in [0.717, 1.165) is 0 Å². The first-order valence-electron chi connectivity index (χ1n) is 5.08. The summed E-state index contributed by atoms with van der Waals surface area (Å²) < 4.78 is 18.4. The average Bonchev–Trinajstić information content (AvgIpc) is 2.39. The third-order valence-electron chi connectivity index (χ3n) is 2.33. The minimum absolute atomic E-state index is 0.336. The molecule has 17 heavy (non-hydrogen) atoms. The molecule has 1 aromatic carbocycles. The van der Waals surface area contributed by atoms with Gasteiger partial charge in [0.1, 0.15) is 17.4 Å². The third-order valence-corrected chi connectivity index (χ3v) is 2.33. The summed E-state index contributed by atoms with van der Waals surface area (Å²) in [5.74, 6) is 0.847. The fourth-order valence-electron chi connectivity index (χ4n) is 1.50. The van der Waals surface area contributed by atoms with Gasteiger partial charge in [-0.3, -0.25) is 4.98 Å². The summed E-state index contributed by atoms with van der Waals surface area (Å²) in [6, 6.07) is 4.29. The molecule has 0 aliphatic carbocycles. The molecule has 0 bridgehead atoms. The quantitative estimate of drug-likeness (QED) is 0.883. The van der Waals surface area contributed by atoms with Crippen LogP contribution in [0.1, 0.15) is 0 Å². The Morgan fingerprint density at radius 3 is 2.82 bits per heavy atom. The highest BCUT2D eigenvalue weighted by atomic mass is 19.1. The highest BCUT2D eigenvalue weighted by Gasteiger charge is 2.09. The molecule has 0 saturated carbocycles. The zero-order valence-electron chi connectivity index (χ0n) is 9.57. The van der Waals surface area contributed by atoms with Crippen LogP contribution in [-0.2, 0) is 0 Å². The predicted octanol–water partition coefficient (Wildman–Crippen LogP) is 2.33. The van der Waals surface area contributed by atoms with Gasteiger partial charge >= 0.3 is 0 Å². The van der Waals surface area contributed by atoms with E-state index in [2.05, 4.69) is 15.3 Å². The molecule has 0 saturated heterocycles. The van der Waals surface area contributed by atoms with Crippen LogP contribution in [0.15, 0.2) is 30.6 Å². The van der Waals surface area contributed by atoms with Gasteiger partial charge in [0, 0.05) is 12.6 Å². The molecule has 0 spiro atoms. The largest absolute Gasteiger partial charge is 0.496 e. The van der Waals surface area contributed by atoms with E-state index < -0.39 is 0 Å². The lowest BCUT2D eigenvalue weighted by molar-refractivity contribution is 0.415. The van der Waals surface area contributed by atoms with Gasteiger partial charge in [-0.2, -0.15) is 0 Å². The van der Waals surface area contributed by atoms with Crippen molar-refractivity contribution in [2.24, 2.45) is 0 Å². The molecule has 0 aliphatic rings. The maximum atomic E-state index is 13.2. The second-order valence-electron chi connectivity index (χ2n) is 3.38. The van der Waals surface area contributed by atoms with Crippen molar-refractivity contribution in [2.45, 2.75) is 0 Å². The summed E-state index contributed by atoms with van der Waals surface area (Å²) in [7, 11) is 3.28. The van der Waals surface area contributed by atoms with E-state index in [1.165, 1.54) is 19.2 Å². The SMILES string of the molecule is CNc1cncc(-c2cc(F)ccc2OC)n1. The van der Waals surface area contributed by atoms with E-state index in [-0.39, 0.29) is 5.82 Å². The number of benzene rings is 1. The molecular weight excluding hydrogens is 221 g/mol. The smallest absolute Gasteiger partial charge is 0.144 e. The average molecular weight is 233 g/mol. The van der Waals surface area contributed by atoms with Crippen LogP contribution in [0.25, 0.3) is 11.3 Å². The van der Waals surface area contributed by atoms with E-state index in [9.17, 15) is 4.39 Å². The lowest BCUT2D eigenvalue weighted by atomic mass is 10.1. The molecule has 0 aliphatic heterocycles. The van der Waals surface area contributed by atoms with Crippen molar-refractivity contribution >= 4 is 5.82 Å². The molecule has 0 fully saturated rings. The summed E-state index contributed by atoms with van der Waals surface area (Å²) in [5.41, 5.74) is 1.14. The molecule has 1 heterocycles. The van der Waals surface area contributed by atoms with Crippen LogP contribution < -0.4 is 10.1 Å². The topological polar surface area (TPSA) is 47.0 Å². The molecule has 88 valence electrons. The minimum Gasteiger partial charge on any atom is -0.496 e. The second-order valence-corrected chi connectivity index (χ2v) is 3.38. The molecule has 2 aromatic rings. The molecule has 0 amide bonds. The van der Waals surface area contributed by atoms with Gasteiger partial charge in [0.05, 0.1) is 25.2 Å². The van der Waals surface area contributed by atoms with Gasteiger partial charge in [0.2, 0.25) is 0 Å². The number of methoxy groups -OCH3 is 1. The number of ether oxygens (including phenoxy) is 1. The number of nitrogens with zero attached hydrogens (tertiary/aromatic N) is 2. The van der Waals surface area contributed by atoms with Gasteiger partial charge in [0.25, 0.3) is 0 Å². The number of aromatic nitrogens is 2. The Hall–Kier alpha value is -2.17. The fraction of sp³-hybridized carbons (Fsp3) is 0.167. The Bertz CT molecular complexity index is 531. The molecular formula is C12H12FN3O. The molecule has 0 unspecified atom stereocenters. The van der Waals surface area contributed by atoms with Crippen LogP contribution in [-0.4, -0.2) is 24.1 Å². The van der Waals surface area contributed by atoms with E-state index in [0.29, 0.717) is 22.8 Å². The first kappa shape index (κ1) is 11.3. The Morgan fingerprint density at radius 1 is 1.29 bits per heavy atom. The molecule has 2 rings (SSSR count). The molecule has 0 radical (unpaired) electrons. The van der Waals surface area contributed by atoms with Crippen LogP contribution in [0.4, 0.5) is 10.2 Å². The summed E-state index contributed by atoms with van der Waals surface area (Å²) in [5, 5.41) is 2.88. The van der Waals surface area contributed by atoms with Crippen molar-refractivity contribution < 1.29 is 9.13 Å². The van der Waals surface area contributed by atoms with Crippen LogP contribution in [0, 0.1) is 5.82 Å². The molecule has 1 aromatic heterocycles. The Labute approximate surface area is 98.5 Å². The van der Waals surface area contributed by atoms with Crippen molar-refractivity contribution in [2.75, 3.05) is 19.5 Å².